The molecule has 2 saturated heterocycles. The van der Waals surface area contributed by atoms with E-state index in [0.717, 1.165) is 4.90 Å². The minimum absolute atomic E-state index is 0. The Kier molecular flexibility index (Phi) is 14.9. The zero-order valence-corrected chi connectivity index (χ0v) is 23.0. The van der Waals surface area contributed by atoms with Gasteiger partial charge in [-0.3, -0.25) is 23.9 Å². The molecule has 0 radical (unpaired) electrons. The van der Waals surface area contributed by atoms with Crippen molar-refractivity contribution < 1.29 is 146 Å². The molecule has 14 nitrogen and oxygen atoms in total. The van der Waals surface area contributed by atoms with Crippen LogP contribution in [0.25, 0.3) is 0 Å². The molecule has 0 aliphatic carbocycles. The number of ether oxygens (including phenoxy) is 1. The Hall–Kier alpha value is 2.08. The molecule has 144 valence electrons. The van der Waals surface area contributed by atoms with Crippen LogP contribution < -0.4 is 109 Å². The third-order valence-electron chi connectivity index (χ3n) is 3.33. The third kappa shape index (κ3) is 9.29. The van der Waals surface area contributed by atoms with Gasteiger partial charge in [0.25, 0.3) is 7.82 Å². The summed E-state index contributed by atoms with van der Waals surface area (Å²) in [6.07, 6.45) is -6.35. The molecule has 2 fully saturated rings. The van der Waals surface area contributed by atoms with Crippen LogP contribution in [-0.4, -0.2) is 64.7 Å². The first-order valence-corrected chi connectivity index (χ1v) is 9.63. The molecule has 0 spiro atoms. The number of phosphoric ester groups is 1. The molecule has 1 unspecified atom stereocenters. The van der Waals surface area contributed by atoms with Gasteiger partial charge in [-0.05, 0) is 0 Å². The number of nitrogens with one attached hydrogen (secondary N) is 1. The molecular weight excluding hydrogens is 459 g/mol. The van der Waals surface area contributed by atoms with Crippen LogP contribution in [0.2, 0.25) is 0 Å². The Morgan fingerprint density at radius 3 is 2.21 bits per heavy atom. The third-order valence-corrected chi connectivity index (χ3v) is 5.39. The van der Waals surface area contributed by atoms with Crippen molar-refractivity contribution in [3.63, 3.8) is 0 Å². The molecule has 0 saturated carbocycles. The fraction of sp³-hybridized carbons (Fsp3) is 0.778. The number of urea groups is 1. The summed E-state index contributed by atoms with van der Waals surface area (Å²) >= 11 is 0. The molecule has 2 rings (SSSR count). The average molecular weight is 472 g/mol. The van der Waals surface area contributed by atoms with Gasteiger partial charge in [-0.2, -0.15) is 0 Å². The van der Waals surface area contributed by atoms with E-state index in [0.29, 0.717) is 0 Å². The minimum Gasteiger partial charge on any atom is -0.790 e. The SMILES string of the molecule is O=C1CCN([C@@H]2O[C@H](COP(=O)([O-])OP(=O)([O-])[O-])[C@@H](O)[C@H]2O)C(=O)N1.[Na+].[Na+].[Na+]. The van der Waals surface area contributed by atoms with Gasteiger partial charge < -0.3 is 38.7 Å². The number of aliphatic hydroxyl groups excluding tert-OH is 2. The Balaban J connectivity index is 0. The summed E-state index contributed by atoms with van der Waals surface area (Å²) < 4.78 is 33.9. The summed E-state index contributed by atoms with van der Waals surface area (Å²) in [5.74, 6) is -0.543. The number of nitrogens with zero attached hydrogens (tertiary/aromatic N) is 1. The topological polar surface area (TPSA) is 221 Å². The van der Waals surface area contributed by atoms with Gasteiger partial charge in [0.15, 0.2) is 6.23 Å². The monoisotopic (exact) mass is 472 g/mol. The number of carbonyl (C=O) groups is 2. The number of carbonyl (C=O) groups excluding carboxylic acids is 2. The Labute approximate surface area is 225 Å². The molecule has 2 aliphatic rings. The summed E-state index contributed by atoms with van der Waals surface area (Å²) in [5, 5.41) is 21.7. The molecule has 28 heavy (non-hydrogen) atoms. The number of phosphoric acid groups is 2. The van der Waals surface area contributed by atoms with Crippen molar-refractivity contribution in [2.45, 2.75) is 31.0 Å². The van der Waals surface area contributed by atoms with Crippen LogP contribution >= 0.6 is 15.6 Å². The quantitative estimate of drug-likeness (QED) is 0.242. The van der Waals surface area contributed by atoms with Gasteiger partial charge in [-0.25, -0.2) is 4.79 Å². The first kappa shape index (κ1) is 32.3. The maximum Gasteiger partial charge on any atom is 1.00 e. The van der Waals surface area contributed by atoms with E-state index in [9.17, 15) is 43.6 Å². The molecule has 2 heterocycles. The second kappa shape index (κ2) is 12.9. The Bertz CT molecular complexity index is 650. The van der Waals surface area contributed by atoms with Gasteiger partial charge in [0.1, 0.15) is 18.3 Å². The molecule has 3 N–H and O–H groups in total. The second-order valence-electron chi connectivity index (χ2n) is 5.11. The van der Waals surface area contributed by atoms with Gasteiger partial charge in [-0.15, -0.1) is 0 Å². The van der Waals surface area contributed by atoms with Crippen molar-refractivity contribution >= 4 is 27.6 Å². The van der Waals surface area contributed by atoms with Crippen LogP contribution in [0.5, 0.6) is 0 Å². The summed E-state index contributed by atoms with van der Waals surface area (Å²) in [6, 6.07) is -0.884. The van der Waals surface area contributed by atoms with Crippen molar-refractivity contribution in [1.82, 2.24) is 10.2 Å². The Morgan fingerprint density at radius 2 is 1.71 bits per heavy atom. The number of hydrogen-bond donors (Lipinski definition) is 3. The fourth-order valence-corrected chi connectivity index (χ4v) is 3.75. The number of hydrogen-bond acceptors (Lipinski definition) is 12. The van der Waals surface area contributed by atoms with E-state index in [2.05, 4.69) is 8.83 Å². The predicted octanol–water partition coefficient (Wildman–Crippen LogP) is -13.3. The number of rotatable bonds is 6. The van der Waals surface area contributed by atoms with E-state index in [1.807, 2.05) is 5.32 Å². The minimum atomic E-state index is -5.87. The summed E-state index contributed by atoms with van der Waals surface area (Å²) in [7, 11) is -11.4. The molecule has 0 aromatic rings. The predicted molar refractivity (Wildman–Crippen MR) is 67.8 cm³/mol. The van der Waals surface area contributed by atoms with Gasteiger partial charge >= 0.3 is 94.7 Å². The molecule has 0 bridgehead atoms. The van der Waals surface area contributed by atoms with Crippen LogP contribution in [0.3, 0.4) is 0 Å². The molecule has 3 amide bonds. The second-order valence-corrected chi connectivity index (χ2v) is 7.82. The Morgan fingerprint density at radius 1 is 1.14 bits per heavy atom. The van der Waals surface area contributed by atoms with Crippen molar-refractivity contribution in [1.29, 1.82) is 0 Å². The van der Waals surface area contributed by atoms with E-state index in [4.69, 9.17) is 4.74 Å². The standard InChI is InChI=1S/C9H16N2O12P2.3Na/c12-5-1-2-11(9(15)10-5)8-7(14)6(13)4(22-8)3-21-25(19,20)23-24(16,17)18;;;/h4,6-8,13-14H,1-3H2,(H,19,20)(H,10,12,15)(H2,16,17,18);;;/q;3*+1/p-3/t4-,6-,7-,8-;;;/m1.../s1. The number of aliphatic hydroxyl groups is 2. The first-order chi connectivity index (χ1) is 11.4. The first-order valence-electron chi connectivity index (χ1n) is 6.71. The van der Waals surface area contributed by atoms with Gasteiger partial charge in [-0.1, -0.05) is 0 Å². The maximum absolute atomic E-state index is 11.7. The van der Waals surface area contributed by atoms with Gasteiger partial charge in [0.2, 0.25) is 5.91 Å². The summed E-state index contributed by atoms with van der Waals surface area (Å²) in [6.45, 7) is -1.12. The van der Waals surface area contributed by atoms with Crippen LogP contribution in [-0.2, 0) is 27.5 Å². The summed E-state index contributed by atoms with van der Waals surface area (Å²) in [5.41, 5.74) is 0. The van der Waals surface area contributed by atoms with Crippen LogP contribution in [0.1, 0.15) is 6.42 Å². The summed E-state index contributed by atoms with van der Waals surface area (Å²) in [4.78, 5) is 55.4. The van der Waals surface area contributed by atoms with E-state index in [1.165, 1.54) is 0 Å². The smallest absolute Gasteiger partial charge is 0.790 e. The van der Waals surface area contributed by atoms with Crippen LogP contribution in [0.4, 0.5) is 4.79 Å². The zero-order chi connectivity index (χ0) is 19.0. The van der Waals surface area contributed by atoms with Gasteiger partial charge in [0.05, 0.1) is 14.4 Å². The van der Waals surface area contributed by atoms with E-state index < -0.39 is 58.7 Å². The number of amides is 3. The van der Waals surface area contributed by atoms with Crippen LogP contribution in [0.15, 0.2) is 0 Å². The largest absolute Gasteiger partial charge is 1.00 e. The normalized spacial score (nSPS) is 29.7. The van der Waals surface area contributed by atoms with E-state index >= 15 is 0 Å². The fourth-order valence-electron chi connectivity index (χ4n) is 2.26. The molecule has 0 aromatic carbocycles. The van der Waals surface area contributed by atoms with E-state index in [-0.39, 0.29) is 102 Å². The maximum atomic E-state index is 11.7. The molecule has 5 atom stereocenters. The van der Waals surface area contributed by atoms with Gasteiger partial charge in [0, 0.05) is 13.0 Å². The van der Waals surface area contributed by atoms with Crippen LogP contribution in [0, 0.1) is 0 Å². The zero-order valence-electron chi connectivity index (χ0n) is 15.2. The van der Waals surface area contributed by atoms with E-state index in [1.54, 1.807) is 0 Å². The van der Waals surface area contributed by atoms with Crippen molar-refractivity contribution in [2.24, 2.45) is 0 Å². The van der Waals surface area contributed by atoms with Crippen molar-refractivity contribution in [3.05, 3.63) is 0 Å². The molecule has 2 aliphatic heterocycles. The van der Waals surface area contributed by atoms with Crippen molar-refractivity contribution in [3.8, 4) is 0 Å². The van der Waals surface area contributed by atoms with Crippen molar-refractivity contribution in [2.75, 3.05) is 13.2 Å². The average Bonchev–Trinajstić information content (AvgIpc) is 2.71. The number of imide groups is 1. The molecule has 19 heteroatoms. The molecular formula is C9H13N2Na3O12P2. The molecule has 0 aromatic heterocycles.